The zero-order chi connectivity index (χ0) is 20.0. The number of pyridine rings is 1. The maximum absolute atomic E-state index is 12.7. The zero-order valence-corrected chi connectivity index (χ0v) is 14.6. The molecule has 0 radical (unpaired) electrons. The fourth-order valence-electron chi connectivity index (χ4n) is 2.43. The molecule has 3 aromatic rings. The van der Waals surface area contributed by atoms with Gasteiger partial charge in [-0.25, -0.2) is 0 Å². The van der Waals surface area contributed by atoms with Gasteiger partial charge in [-0.2, -0.15) is 13.2 Å². The Morgan fingerprint density at radius 3 is 2.75 bits per heavy atom. The first-order valence-electron chi connectivity index (χ1n) is 8.32. The summed E-state index contributed by atoms with van der Waals surface area (Å²) in [6.45, 7) is 0.107. The van der Waals surface area contributed by atoms with Gasteiger partial charge in [0.1, 0.15) is 12.4 Å². The molecule has 0 bridgehead atoms. The number of halogens is 3. The van der Waals surface area contributed by atoms with E-state index in [0.29, 0.717) is 5.75 Å². The molecule has 0 spiro atoms. The van der Waals surface area contributed by atoms with Crippen LogP contribution in [0.5, 0.6) is 5.75 Å². The second-order valence-electron chi connectivity index (χ2n) is 5.76. The summed E-state index contributed by atoms with van der Waals surface area (Å²) in [5, 5.41) is 3.45. The van der Waals surface area contributed by atoms with Crippen LogP contribution in [0.1, 0.15) is 15.9 Å². The molecule has 0 unspecified atom stereocenters. The van der Waals surface area contributed by atoms with Crippen molar-refractivity contribution >= 4 is 16.8 Å². The standard InChI is InChI=1S/C21H15F3N2O2/c22-21(23,24)17-7-3-5-16(13-17)20(27)26-10-1-2-12-28-18-9-8-15-6-4-11-25-19(15)14-18/h3-9,11,13-14H,10,12H2,(H,26,27). The molecule has 1 heterocycles. The van der Waals surface area contributed by atoms with E-state index in [1.165, 1.54) is 12.1 Å². The van der Waals surface area contributed by atoms with E-state index in [0.717, 1.165) is 23.0 Å². The summed E-state index contributed by atoms with van der Waals surface area (Å²) in [6, 6.07) is 13.5. The Morgan fingerprint density at radius 1 is 1.07 bits per heavy atom. The maximum Gasteiger partial charge on any atom is 0.416 e. The highest BCUT2D eigenvalue weighted by Gasteiger charge is 2.30. The zero-order valence-electron chi connectivity index (χ0n) is 14.6. The summed E-state index contributed by atoms with van der Waals surface area (Å²) < 4.78 is 43.5. The van der Waals surface area contributed by atoms with Gasteiger partial charge in [0.05, 0.1) is 17.6 Å². The molecule has 0 aliphatic heterocycles. The number of benzene rings is 2. The van der Waals surface area contributed by atoms with Gasteiger partial charge in [-0.05, 0) is 36.4 Å². The van der Waals surface area contributed by atoms with E-state index >= 15 is 0 Å². The Balaban J connectivity index is 1.49. The number of fused-ring (bicyclic) bond motifs is 1. The van der Waals surface area contributed by atoms with Crippen molar-refractivity contribution < 1.29 is 22.7 Å². The van der Waals surface area contributed by atoms with Gasteiger partial charge in [0, 0.05) is 23.2 Å². The van der Waals surface area contributed by atoms with E-state index < -0.39 is 17.6 Å². The van der Waals surface area contributed by atoms with Gasteiger partial charge in [-0.3, -0.25) is 9.78 Å². The highest BCUT2D eigenvalue weighted by molar-refractivity contribution is 5.94. The minimum absolute atomic E-state index is 0.00227. The quantitative estimate of drug-likeness (QED) is 0.690. The van der Waals surface area contributed by atoms with Crippen molar-refractivity contribution in [1.82, 2.24) is 10.3 Å². The number of nitrogens with zero attached hydrogens (tertiary/aromatic N) is 1. The van der Waals surface area contributed by atoms with Crippen LogP contribution in [0.25, 0.3) is 10.9 Å². The summed E-state index contributed by atoms with van der Waals surface area (Å²) in [6.07, 6.45) is -2.80. The summed E-state index contributed by atoms with van der Waals surface area (Å²) in [5.74, 6) is 5.43. The SMILES string of the molecule is O=C(NCC#CCOc1ccc2cccnc2c1)c1cccc(C(F)(F)F)c1. The van der Waals surface area contributed by atoms with Crippen LogP contribution in [-0.2, 0) is 6.18 Å². The number of hydrogen-bond acceptors (Lipinski definition) is 3. The number of hydrogen-bond donors (Lipinski definition) is 1. The molecule has 142 valence electrons. The number of alkyl halides is 3. The first kappa shape index (κ1) is 19.2. The number of ether oxygens (including phenoxy) is 1. The van der Waals surface area contributed by atoms with Crippen LogP contribution in [0.3, 0.4) is 0 Å². The summed E-state index contributed by atoms with van der Waals surface area (Å²) >= 11 is 0. The molecule has 2 aromatic carbocycles. The third kappa shape index (κ3) is 5.01. The van der Waals surface area contributed by atoms with Crippen LogP contribution >= 0.6 is 0 Å². The van der Waals surface area contributed by atoms with Gasteiger partial charge in [0.15, 0.2) is 0 Å². The van der Waals surface area contributed by atoms with Gasteiger partial charge < -0.3 is 10.1 Å². The number of nitrogens with one attached hydrogen (secondary N) is 1. The highest BCUT2D eigenvalue weighted by Crippen LogP contribution is 2.29. The molecule has 3 rings (SSSR count). The molecule has 7 heteroatoms. The van der Waals surface area contributed by atoms with Crippen LogP contribution in [0.15, 0.2) is 60.8 Å². The molecular formula is C21H15F3N2O2. The molecule has 1 aromatic heterocycles. The van der Waals surface area contributed by atoms with Gasteiger partial charge in [0.25, 0.3) is 5.91 Å². The van der Waals surface area contributed by atoms with Crippen LogP contribution in [0, 0.1) is 11.8 Å². The number of aromatic nitrogens is 1. The highest BCUT2D eigenvalue weighted by atomic mass is 19.4. The van der Waals surface area contributed by atoms with Gasteiger partial charge in [-0.1, -0.05) is 24.0 Å². The van der Waals surface area contributed by atoms with Crippen molar-refractivity contribution in [2.75, 3.05) is 13.2 Å². The molecule has 0 saturated carbocycles. The lowest BCUT2D eigenvalue weighted by molar-refractivity contribution is -0.137. The van der Waals surface area contributed by atoms with Crippen molar-refractivity contribution in [3.8, 4) is 17.6 Å². The Labute approximate surface area is 159 Å². The largest absolute Gasteiger partial charge is 0.481 e. The third-order valence-corrected chi connectivity index (χ3v) is 3.80. The minimum Gasteiger partial charge on any atom is -0.481 e. The van der Waals surface area contributed by atoms with E-state index in [1.54, 1.807) is 18.3 Å². The van der Waals surface area contributed by atoms with Crippen LogP contribution in [0.2, 0.25) is 0 Å². The number of carbonyl (C=O) groups is 1. The van der Waals surface area contributed by atoms with Crippen molar-refractivity contribution in [2.24, 2.45) is 0 Å². The van der Waals surface area contributed by atoms with Crippen LogP contribution in [0.4, 0.5) is 13.2 Å². The molecule has 0 aliphatic rings. The van der Waals surface area contributed by atoms with Crippen molar-refractivity contribution in [1.29, 1.82) is 0 Å². The number of amides is 1. The smallest absolute Gasteiger partial charge is 0.416 e. The Morgan fingerprint density at radius 2 is 1.93 bits per heavy atom. The predicted molar refractivity (Wildman–Crippen MR) is 98.8 cm³/mol. The molecule has 4 nitrogen and oxygen atoms in total. The van der Waals surface area contributed by atoms with Crippen molar-refractivity contribution in [3.05, 3.63) is 71.9 Å². The fourth-order valence-corrected chi connectivity index (χ4v) is 2.43. The van der Waals surface area contributed by atoms with Crippen molar-refractivity contribution in [3.63, 3.8) is 0 Å². The Kier molecular flexibility index (Phi) is 5.80. The Bertz CT molecular complexity index is 1050. The molecular weight excluding hydrogens is 369 g/mol. The van der Waals surface area contributed by atoms with E-state index in [4.69, 9.17) is 4.74 Å². The summed E-state index contributed by atoms with van der Waals surface area (Å²) in [7, 11) is 0. The average Bonchev–Trinajstić information content (AvgIpc) is 2.69. The monoisotopic (exact) mass is 384 g/mol. The summed E-state index contributed by atoms with van der Waals surface area (Å²) in [5.41, 5.74) is -0.137. The number of rotatable bonds is 4. The first-order valence-corrected chi connectivity index (χ1v) is 8.32. The van der Waals surface area contributed by atoms with Gasteiger partial charge >= 0.3 is 6.18 Å². The first-order chi connectivity index (χ1) is 13.4. The lowest BCUT2D eigenvalue weighted by atomic mass is 10.1. The van der Waals surface area contributed by atoms with Crippen LogP contribution < -0.4 is 10.1 Å². The normalized spacial score (nSPS) is 10.8. The second-order valence-corrected chi connectivity index (χ2v) is 5.76. The Hall–Kier alpha value is -3.53. The molecule has 1 amide bonds. The molecule has 0 aliphatic carbocycles. The topological polar surface area (TPSA) is 51.2 Å². The molecule has 28 heavy (non-hydrogen) atoms. The predicted octanol–water partition coefficient (Wildman–Crippen LogP) is 4.07. The minimum atomic E-state index is -4.49. The average molecular weight is 384 g/mol. The summed E-state index contributed by atoms with van der Waals surface area (Å²) in [4.78, 5) is 16.2. The van der Waals surface area contributed by atoms with E-state index in [-0.39, 0.29) is 18.7 Å². The number of carbonyl (C=O) groups excluding carboxylic acids is 1. The molecule has 0 atom stereocenters. The maximum atomic E-state index is 12.7. The van der Waals surface area contributed by atoms with E-state index in [9.17, 15) is 18.0 Å². The van der Waals surface area contributed by atoms with Gasteiger partial charge in [0.2, 0.25) is 0 Å². The third-order valence-electron chi connectivity index (χ3n) is 3.80. The van der Waals surface area contributed by atoms with Crippen molar-refractivity contribution in [2.45, 2.75) is 6.18 Å². The van der Waals surface area contributed by atoms with E-state index in [2.05, 4.69) is 22.1 Å². The second kappa shape index (κ2) is 8.44. The van der Waals surface area contributed by atoms with Gasteiger partial charge in [-0.15, -0.1) is 0 Å². The molecule has 0 saturated heterocycles. The molecule has 1 N–H and O–H groups in total. The lowest BCUT2D eigenvalue weighted by Crippen LogP contribution is -2.24. The van der Waals surface area contributed by atoms with E-state index in [1.807, 2.05) is 18.2 Å². The van der Waals surface area contributed by atoms with Crippen LogP contribution in [-0.4, -0.2) is 24.0 Å². The molecule has 0 fully saturated rings. The fraction of sp³-hybridized carbons (Fsp3) is 0.143. The lowest BCUT2D eigenvalue weighted by Gasteiger charge is -2.08.